The molecule has 2 N–H and O–H groups in total. The van der Waals surface area contributed by atoms with Crippen LogP contribution in [0.4, 0.5) is 4.39 Å². The minimum absolute atomic E-state index is 0.205. The first-order valence-corrected chi connectivity index (χ1v) is 7.88. The minimum Gasteiger partial charge on any atom is -0.309 e. The van der Waals surface area contributed by atoms with E-state index in [2.05, 4.69) is 29.6 Å². The fourth-order valence-electron chi connectivity index (χ4n) is 2.98. The highest BCUT2D eigenvalue weighted by Crippen LogP contribution is 2.22. The van der Waals surface area contributed by atoms with E-state index in [4.69, 9.17) is 11.6 Å². The number of nitrogens with zero attached hydrogens (tertiary/aromatic N) is 2. The van der Waals surface area contributed by atoms with Gasteiger partial charge in [0, 0.05) is 30.6 Å². The van der Waals surface area contributed by atoms with Crippen molar-refractivity contribution in [1.82, 2.24) is 20.7 Å². The number of piperazine rings is 1. The van der Waals surface area contributed by atoms with Gasteiger partial charge in [0.15, 0.2) is 0 Å². The predicted octanol–water partition coefficient (Wildman–Crippen LogP) is 2.35. The predicted molar refractivity (Wildman–Crippen MR) is 87.8 cm³/mol. The molecule has 0 bridgehead atoms. The molecule has 1 aromatic carbocycles. The summed E-state index contributed by atoms with van der Waals surface area (Å²) in [5, 5.41) is 5.92. The Labute approximate surface area is 138 Å². The van der Waals surface area contributed by atoms with Gasteiger partial charge >= 0.3 is 0 Å². The lowest BCUT2D eigenvalue weighted by atomic mass is 10.1. The Morgan fingerprint density at radius 1 is 1.35 bits per heavy atom. The van der Waals surface area contributed by atoms with Gasteiger partial charge in [0.2, 0.25) is 0 Å². The van der Waals surface area contributed by atoms with Gasteiger partial charge in [-0.1, -0.05) is 11.6 Å². The summed E-state index contributed by atoms with van der Waals surface area (Å²) in [6, 6.07) is 6.13. The maximum atomic E-state index is 13.5. The molecule has 1 saturated heterocycles. The molecule has 2 unspecified atom stereocenters. The molecule has 0 radical (unpaired) electrons. The molecule has 0 aliphatic carbocycles. The second kappa shape index (κ2) is 6.39. The van der Waals surface area contributed by atoms with E-state index in [1.54, 1.807) is 0 Å². The fourth-order valence-corrected chi connectivity index (χ4v) is 3.18. The Morgan fingerprint density at radius 2 is 2.04 bits per heavy atom. The summed E-state index contributed by atoms with van der Waals surface area (Å²) in [6.45, 7) is 5.51. The second-order valence-electron chi connectivity index (χ2n) is 5.97. The molecule has 1 aromatic heterocycles. The van der Waals surface area contributed by atoms with Crippen LogP contribution in [-0.4, -0.2) is 41.1 Å². The van der Waals surface area contributed by atoms with Gasteiger partial charge in [-0.2, -0.15) is 0 Å². The van der Waals surface area contributed by atoms with Crippen molar-refractivity contribution >= 4 is 28.4 Å². The number of hydrogen-bond acceptors (Lipinski definition) is 4. The van der Waals surface area contributed by atoms with Crippen LogP contribution in [0.3, 0.4) is 0 Å². The summed E-state index contributed by atoms with van der Waals surface area (Å²) in [4.78, 5) is 16.7. The lowest BCUT2D eigenvalue weighted by Gasteiger charge is -2.36. The molecule has 0 spiro atoms. The van der Waals surface area contributed by atoms with Crippen LogP contribution in [-0.2, 0) is 0 Å². The first-order valence-electron chi connectivity index (χ1n) is 7.50. The maximum absolute atomic E-state index is 13.5. The highest BCUT2D eigenvalue weighted by molar-refractivity contribution is 6.30. The monoisotopic (exact) mass is 336 g/mol. The third-order valence-electron chi connectivity index (χ3n) is 3.80. The zero-order chi connectivity index (χ0) is 16.6. The molecule has 2 heterocycles. The number of amides is 1. The van der Waals surface area contributed by atoms with Crippen molar-refractivity contribution in [3.63, 3.8) is 0 Å². The molecule has 1 aliphatic heterocycles. The van der Waals surface area contributed by atoms with Crippen molar-refractivity contribution in [1.29, 1.82) is 0 Å². The first-order chi connectivity index (χ1) is 10.9. The molecule has 5 nitrogen and oxygen atoms in total. The Morgan fingerprint density at radius 3 is 2.74 bits per heavy atom. The van der Waals surface area contributed by atoms with Gasteiger partial charge in [0.25, 0.3) is 5.91 Å². The minimum atomic E-state index is -0.417. The fraction of sp³-hybridized carbons (Fsp3) is 0.375. The summed E-state index contributed by atoms with van der Waals surface area (Å²) in [6.07, 6.45) is 0. The van der Waals surface area contributed by atoms with Gasteiger partial charge in [-0.3, -0.25) is 10.2 Å². The molecule has 122 valence electrons. The number of rotatable bonds is 2. The van der Waals surface area contributed by atoms with Crippen molar-refractivity contribution in [2.45, 2.75) is 25.9 Å². The molecule has 3 rings (SSSR count). The van der Waals surface area contributed by atoms with Crippen LogP contribution in [0.1, 0.15) is 24.2 Å². The van der Waals surface area contributed by atoms with Crippen LogP contribution < -0.4 is 10.7 Å². The normalized spacial score (nSPS) is 22.3. The number of benzene rings is 1. The Bertz CT molecular complexity index is 744. The smallest absolute Gasteiger partial charge is 0.266 e. The van der Waals surface area contributed by atoms with Crippen molar-refractivity contribution in [2.75, 3.05) is 13.1 Å². The number of hydrogen-bond donors (Lipinski definition) is 2. The first kappa shape index (κ1) is 16.1. The summed E-state index contributed by atoms with van der Waals surface area (Å²) in [7, 11) is 0. The lowest BCUT2D eigenvalue weighted by Crippen LogP contribution is -2.59. The van der Waals surface area contributed by atoms with Gasteiger partial charge in [-0.25, -0.2) is 14.4 Å². The largest absolute Gasteiger partial charge is 0.309 e. The van der Waals surface area contributed by atoms with E-state index in [1.807, 2.05) is 5.01 Å². The van der Waals surface area contributed by atoms with Gasteiger partial charge in [0.05, 0.1) is 11.1 Å². The van der Waals surface area contributed by atoms with E-state index in [1.165, 1.54) is 24.3 Å². The Kier molecular flexibility index (Phi) is 4.48. The molecular weight excluding hydrogens is 319 g/mol. The van der Waals surface area contributed by atoms with Crippen molar-refractivity contribution in [2.24, 2.45) is 0 Å². The van der Waals surface area contributed by atoms with E-state index >= 15 is 0 Å². The molecule has 1 fully saturated rings. The van der Waals surface area contributed by atoms with Crippen LogP contribution in [0.25, 0.3) is 10.9 Å². The van der Waals surface area contributed by atoms with Crippen molar-refractivity contribution < 1.29 is 9.18 Å². The van der Waals surface area contributed by atoms with Gasteiger partial charge in [0.1, 0.15) is 11.0 Å². The van der Waals surface area contributed by atoms with Crippen LogP contribution in [0.5, 0.6) is 0 Å². The maximum Gasteiger partial charge on any atom is 0.266 e. The van der Waals surface area contributed by atoms with Crippen LogP contribution in [0.2, 0.25) is 5.15 Å². The molecule has 23 heavy (non-hydrogen) atoms. The molecule has 0 saturated carbocycles. The lowest BCUT2D eigenvalue weighted by molar-refractivity contribution is 0.0683. The topological polar surface area (TPSA) is 57.3 Å². The van der Waals surface area contributed by atoms with Crippen molar-refractivity contribution in [3.8, 4) is 0 Å². The summed E-state index contributed by atoms with van der Waals surface area (Å²) >= 11 is 5.99. The number of carbonyl (C=O) groups excluding carboxylic acids is 1. The number of hydrazine groups is 1. The van der Waals surface area contributed by atoms with Gasteiger partial charge < -0.3 is 5.32 Å². The van der Waals surface area contributed by atoms with E-state index in [0.29, 0.717) is 29.6 Å². The summed E-state index contributed by atoms with van der Waals surface area (Å²) < 4.78 is 13.5. The average molecular weight is 337 g/mol. The standard InChI is InChI=1S/C16H18ClFN4O/c1-9-7-22(8-10(2)19-9)21-16(23)13-6-15(17)20-14-4-3-11(18)5-12(13)14/h3-6,9-10,19H,7-8H2,1-2H3,(H,21,23). The number of halogens is 2. The SMILES string of the molecule is CC1CN(NC(=O)c2cc(Cl)nc3ccc(F)cc23)CC(C)N1. The summed E-state index contributed by atoms with van der Waals surface area (Å²) in [5.74, 6) is -0.730. The number of nitrogens with one attached hydrogen (secondary N) is 2. The molecule has 1 amide bonds. The number of carbonyl (C=O) groups is 1. The zero-order valence-corrected chi connectivity index (χ0v) is 13.7. The highest BCUT2D eigenvalue weighted by Gasteiger charge is 2.23. The van der Waals surface area contributed by atoms with E-state index in [-0.39, 0.29) is 23.1 Å². The third-order valence-corrected chi connectivity index (χ3v) is 3.99. The average Bonchev–Trinajstić information content (AvgIpc) is 2.45. The van der Waals surface area contributed by atoms with Gasteiger partial charge in [-0.05, 0) is 38.1 Å². The number of fused-ring (bicyclic) bond motifs is 1. The molecule has 7 heteroatoms. The van der Waals surface area contributed by atoms with Crippen LogP contribution in [0.15, 0.2) is 24.3 Å². The van der Waals surface area contributed by atoms with E-state index in [0.717, 1.165) is 0 Å². The van der Waals surface area contributed by atoms with E-state index in [9.17, 15) is 9.18 Å². The number of pyridine rings is 1. The third kappa shape index (κ3) is 3.60. The molecule has 1 aliphatic rings. The van der Waals surface area contributed by atoms with Gasteiger partial charge in [-0.15, -0.1) is 0 Å². The van der Waals surface area contributed by atoms with E-state index < -0.39 is 5.82 Å². The second-order valence-corrected chi connectivity index (χ2v) is 6.36. The molecular formula is C16H18ClFN4O. The molecule has 2 aromatic rings. The van der Waals surface area contributed by atoms with Crippen LogP contribution in [0, 0.1) is 5.82 Å². The number of aromatic nitrogens is 1. The quantitative estimate of drug-likeness (QED) is 0.827. The highest BCUT2D eigenvalue weighted by atomic mass is 35.5. The Hall–Kier alpha value is -1.76. The van der Waals surface area contributed by atoms with Crippen molar-refractivity contribution in [3.05, 3.63) is 40.8 Å². The Balaban J connectivity index is 1.90. The van der Waals surface area contributed by atoms with Crippen LogP contribution >= 0.6 is 11.6 Å². The molecule has 2 atom stereocenters. The zero-order valence-electron chi connectivity index (χ0n) is 12.9. The summed E-state index contributed by atoms with van der Waals surface area (Å²) in [5.41, 5.74) is 3.69.